The van der Waals surface area contributed by atoms with Crippen LogP contribution < -0.4 is 19.7 Å². The number of anilines is 1. The van der Waals surface area contributed by atoms with Crippen LogP contribution in [0.3, 0.4) is 0 Å². The fourth-order valence-corrected chi connectivity index (χ4v) is 2.81. The molecule has 0 aliphatic carbocycles. The Morgan fingerprint density at radius 3 is 2.28 bits per heavy atom. The fourth-order valence-electron chi connectivity index (χ4n) is 2.15. The van der Waals surface area contributed by atoms with Crippen LogP contribution in [0.1, 0.15) is 23.7 Å². The van der Waals surface area contributed by atoms with Crippen molar-refractivity contribution < 1.29 is 19.1 Å². The summed E-state index contributed by atoms with van der Waals surface area (Å²) in [4.78, 5) is 34.2. The van der Waals surface area contributed by atoms with Gasteiger partial charge in [0.25, 0.3) is 0 Å². The Morgan fingerprint density at radius 1 is 1.06 bits per heavy atom. The average molecular weight is 464 g/mol. The number of amides is 2. The molecule has 0 bridgehead atoms. The number of hydrogen-bond donors (Lipinski definition) is 1. The SMILES string of the molecule is CCSCc1ccccc1OC(=O)NC.Cc1nc(N(C)C)nc(OC(=O)N(C)C)c1C. The summed E-state index contributed by atoms with van der Waals surface area (Å²) in [6.07, 6.45) is -0.875. The van der Waals surface area contributed by atoms with Crippen LogP contribution in [0, 0.1) is 13.8 Å². The van der Waals surface area contributed by atoms with E-state index in [0.29, 0.717) is 17.6 Å². The van der Waals surface area contributed by atoms with E-state index in [0.717, 1.165) is 28.3 Å². The first-order valence-electron chi connectivity index (χ1n) is 10.1. The molecule has 0 saturated carbocycles. The predicted octanol–water partition coefficient (Wildman–Crippen LogP) is 3.88. The molecule has 2 rings (SSSR count). The minimum absolute atomic E-state index is 0.305. The zero-order chi connectivity index (χ0) is 24.3. The topological polar surface area (TPSA) is 96.9 Å². The van der Waals surface area contributed by atoms with Crippen LogP contribution in [-0.2, 0) is 5.75 Å². The molecule has 0 fully saturated rings. The standard InChI is InChI=1S/C11H18N4O2.C11H15NO2S/c1-7-8(2)12-10(14(3)4)13-9(7)17-11(16)15(5)6;1-3-15-8-9-6-4-5-7-10(9)14-11(13)12-2/h1-6H3;4-7H,3,8H2,1-2H3,(H,12,13). The van der Waals surface area contributed by atoms with E-state index < -0.39 is 12.2 Å². The Labute approximate surface area is 194 Å². The second-order valence-corrected chi connectivity index (χ2v) is 8.35. The van der Waals surface area contributed by atoms with Gasteiger partial charge in [-0.1, -0.05) is 25.1 Å². The lowest BCUT2D eigenvalue weighted by atomic mass is 10.2. The fraction of sp³-hybridized carbons (Fsp3) is 0.455. The maximum atomic E-state index is 11.5. The van der Waals surface area contributed by atoms with Crippen molar-refractivity contribution in [2.24, 2.45) is 0 Å². The molecule has 1 aromatic heterocycles. The van der Waals surface area contributed by atoms with Gasteiger partial charge >= 0.3 is 12.2 Å². The van der Waals surface area contributed by atoms with Crippen molar-refractivity contribution in [2.45, 2.75) is 26.5 Å². The summed E-state index contributed by atoms with van der Waals surface area (Å²) in [6, 6.07) is 7.59. The van der Waals surface area contributed by atoms with Crippen LogP contribution in [-0.4, -0.2) is 68.0 Å². The first-order valence-corrected chi connectivity index (χ1v) is 11.2. The monoisotopic (exact) mass is 463 g/mol. The molecule has 0 unspecified atom stereocenters. The number of carbonyl (C=O) groups excluding carboxylic acids is 2. The zero-order valence-electron chi connectivity index (χ0n) is 20.1. The lowest BCUT2D eigenvalue weighted by Gasteiger charge is -2.16. The van der Waals surface area contributed by atoms with Crippen molar-refractivity contribution >= 4 is 29.9 Å². The summed E-state index contributed by atoms with van der Waals surface area (Å²) in [5.41, 5.74) is 2.61. The van der Waals surface area contributed by atoms with Crippen molar-refractivity contribution in [1.82, 2.24) is 20.2 Å². The van der Waals surface area contributed by atoms with E-state index in [2.05, 4.69) is 22.2 Å². The molecule has 0 spiro atoms. The molecule has 0 radical (unpaired) electrons. The third-order valence-corrected chi connectivity index (χ3v) is 5.05. The number of para-hydroxylation sites is 1. The van der Waals surface area contributed by atoms with Crippen LogP contribution in [0.4, 0.5) is 15.5 Å². The minimum atomic E-state index is -0.448. The highest BCUT2D eigenvalue weighted by Crippen LogP contribution is 2.23. The van der Waals surface area contributed by atoms with Gasteiger partial charge in [-0.05, 0) is 25.7 Å². The van der Waals surface area contributed by atoms with Crippen molar-refractivity contribution in [3.8, 4) is 11.6 Å². The summed E-state index contributed by atoms with van der Waals surface area (Å²) >= 11 is 1.80. The number of aromatic nitrogens is 2. The van der Waals surface area contributed by atoms with Gasteiger partial charge in [0.05, 0.1) is 0 Å². The summed E-state index contributed by atoms with van der Waals surface area (Å²) in [6.45, 7) is 5.79. The number of ether oxygens (including phenoxy) is 2. The molecule has 32 heavy (non-hydrogen) atoms. The lowest BCUT2D eigenvalue weighted by Crippen LogP contribution is -2.26. The van der Waals surface area contributed by atoms with Crippen molar-refractivity contribution in [2.75, 3.05) is 45.9 Å². The molecule has 1 heterocycles. The molecule has 0 aliphatic heterocycles. The molecule has 0 aliphatic rings. The van der Waals surface area contributed by atoms with Gasteiger partial charge in [0.15, 0.2) is 0 Å². The number of thioether (sulfide) groups is 1. The van der Waals surface area contributed by atoms with Gasteiger partial charge in [-0.2, -0.15) is 16.7 Å². The van der Waals surface area contributed by atoms with Gasteiger partial charge in [-0.3, -0.25) is 0 Å². The number of nitrogens with zero attached hydrogens (tertiary/aromatic N) is 4. The largest absolute Gasteiger partial charge is 0.416 e. The maximum Gasteiger partial charge on any atom is 0.416 e. The van der Waals surface area contributed by atoms with E-state index in [1.165, 1.54) is 4.90 Å². The van der Waals surface area contributed by atoms with Gasteiger partial charge in [-0.15, -0.1) is 0 Å². The maximum absolute atomic E-state index is 11.5. The lowest BCUT2D eigenvalue weighted by molar-refractivity contribution is 0.169. The Morgan fingerprint density at radius 2 is 1.72 bits per heavy atom. The van der Waals surface area contributed by atoms with E-state index in [1.807, 2.05) is 46.1 Å². The van der Waals surface area contributed by atoms with Crippen LogP contribution >= 0.6 is 11.8 Å². The second-order valence-electron chi connectivity index (χ2n) is 7.08. The highest BCUT2D eigenvalue weighted by Gasteiger charge is 2.15. The first-order chi connectivity index (χ1) is 15.1. The van der Waals surface area contributed by atoms with E-state index in [-0.39, 0.29) is 0 Å². The third-order valence-electron chi connectivity index (χ3n) is 4.12. The molecule has 0 atom stereocenters. The van der Waals surface area contributed by atoms with E-state index in [1.54, 1.807) is 43.9 Å². The van der Waals surface area contributed by atoms with E-state index in [9.17, 15) is 9.59 Å². The Balaban J connectivity index is 0.000000323. The molecule has 10 heteroatoms. The summed E-state index contributed by atoms with van der Waals surface area (Å²) in [5.74, 6) is 3.38. The molecule has 176 valence electrons. The van der Waals surface area contributed by atoms with Crippen molar-refractivity contribution in [3.63, 3.8) is 0 Å². The Bertz CT molecular complexity index is 906. The molecule has 2 amide bonds. The van der Waals surface area contributed by atoms with Gasteiger partial charge < -0.3 is 24.6 Å². The van der Waals surface area contributed by atoms with Gasteiger partial charge in [0.2, 0.25) is 11.8 Å². The van der Waals surface area contributed by atoms with Crippen molar-refractivity contribution in [1.29, 1.82) is 0 Å². The normalized spacial score (nSPS) is 9.88. The molecule has 2 aromatic rings. The first kappa shape index (κ1) is 27.0. The van der Waals surface area contributed by atoms with Crippen LogP contribution in [0.2, 0.25) is 0 Å². The van der Waals surface area contributed by atoms with E-state index >= 15 is 0 Å². The zero-order valence-corrected chi connectivity index (χ0v) is 20.9. The predicted molar refractivity (Wildman–Crippen MR) is 129 cm³/mol. The number of nitrogens with one attached hydrogen (secondary N) is 1. The molecular weight excluding hydrogens is 430 g/mol. The van der Waals surface area contributed by atoms with Crippen LogP contribution in [0.5, 0.6) is 11.6 Å². The van der Waals surface area contributed by atoms with E-state index in [4.69, 9.17) is 9.47 Å². The Hall–Kier alpha value is -3.01. The number of aryl methyl sites for hydroxylation is 1. The number of carbonyl (C=O) groups is 2. The number of benzene rings is 1. The molecule has 9 nitrogen and oxygen atoms in total. The molecule has 1 aromatic carbocycles. The summed E-state index contributed by atoms with van der Waals surface area (Å²) in [5, 5.41) is 2.43. The quantitative estimate of drug-likeness (QED) is 0.689. The van der Waals surface area contributed by atoms with Crippen molar-refractivity contribution in [3.05, 3.63) is 41.1 Å². The Kier molecular flexibility index (Phi) is 11.3. The highest BCUT2D eigenvalue weighted by molar-refractivity contribution is 7.98. The summed E-state index contributed by atoms with van der Waals surface area (Å²) < 4.78 is 10.3. The van der Waals surface area contributed by atoms with Crippen LogP contribution in [0.15, 0.2) is 24.3 Å². The van der Waals surface area contributed by atoms with Gasteiger partial charge in [-0.25, -0.2) is 14.6 Å². The summed E-state index contributed by atoms with van der Waals surface area (Å²) in [7, 11) is 8.46. The molecular formula is C22H33N5O4S. The molecule has 0 saturated heterocycles. The number of hydrogen-bond acceptors (Lipinski definition) is 8. The average Bonchev–Trinajstić information content (AvgIpc) is 2.76. The second kappa shape index (κ2) is 13.4. The molecule has 1 N–H and O–H groups in total. The van der Waals surface area contributed by atoms with Crippen LogP contribution in [0.25, 0.3) is 0 Å². The van der Waals surface area contributed by atoms with Gasteiger partial charge in [0, 0.05) is 57.8 Å². The minimum Gasteiger partial charge on any atom is -0.410 e. The van der Waals surface area contributed by atoms with Gasteiger partial charge in [0.1, 0.15) is 5.75 Å². The highest BCUT2D eigenvalue weighted by atomic mass is 32.2. The number of rotatable bonds is 6. The smallest absolute Gasteiger partial charge is 0.410 e. The third kappa shape index (κ3) is 8.62.